The Morgan fingerprint density at radius 3 is 2.61 bits per heavy atom. The molecule has 0 fully saturated rings. The molecular weight excluding hydrogens is 288 g/mol. The first kappa shape index (κ1) is 13.5. The van der Waals surface area contributed by atoms with Crippen molar-refractivity contribution in [3.8, 4) is 0 Å². The number of hydrogen-bond donors (Lipinski definition) is 2. The number of aromatic carboxylic acids is 1. The summed E-state index contributed by atoms with van der Waals surface area (Å²) in [6, 6.07) is 19.3. The second-order valence-electron chi connectivity index (χ2n) is 5.55. The van der Waals surface area contributed by atoms with Crippen molar-refractivity contribution in [2.75, 3.05) is 0 Å². The van der Waals surface area contributed by atoms with Gasteiger partial charge < -0.3 is 10.1 Å². The van der Waals surface area contributed by atoms with Crippen molar-refractivity contribution in [2.24, 2.45) is 0 Å². The van der Waals surface area contributed by atoms with Gasteiger partial charge in [0.15, 0.2) is 0 Å². The summed E-state index contributed by atoms with van der Waals surface area (Å²) in [5.74, 6) is -0.928. The maximum absolute atomic E-state index is 11.1. The molecule has 0 saturated heterocycles. The third kappa shape index (κ3) is 2.44. The molecule has 4 heteroatoms. The van der Waals surface area contributed by atoms with E-state index in [-0.39, 0.29) is 5.56 Å². The van der Waals surface area contributed by atoms with Crippen LogP contribution < -0.4 is 0 Å². The highest BCUT2D eigenvalue weighted by atomic mass is 16.4. The second-order valence-corrected chi connectivity index (χ2v) is 5.55. The summed E-state index contributed by atoms with van der Waals surface area (Å²) < 4.78 is 0. The first-order valence-corrected chi connectivity index (χ1v) is 7.39. The standard InChI is InChI=1S/C19H14N2O2/c22-19(23)13-6-8-15-17(11-13)21-16-9-7-14(20-18(15)16)10-12-4-2-1-3-5-12/h1-9,11,21H,10H2,(H,22,23). The van der Waals surface area contributed by atoms with Gasteiger partial charge in [-0.1, -0.05) is 30.3 Å². The van der Waals surface area contributed by atoms with E-state index in [2.05, 4.69) is 17.1 Å². The van der Waals surface area contributed by atoms with E-state index in [0.29, 0.717) is 0 Å². The number of rotatable bonds is 3. The van der Waals surface area contributed by atoms with Crippen LogP contribution >= 0.6 is 0 Å². The molecule has 2 aromatic heterocycles. The van der Waals surface area contributed by atoms with Crippen molar-refractivity contribution in [1.29, 1.82) is 0 Å². The Balaban J connectivity index is 1.81. The van der Waals surface area contributed by atoms with Crippen molar-refractivity contribution in [3.63, 3.8) is 0 Å². The molecule has 0 aliphatic rings. The summed E-state index contributed by atoms with van der Waals surface area (Å²) in [5, 5.41) is 10.0. The number of aromatic amines is 1. The zero-order valence-corrected chi connectivity index (χ0v) is 12.3. The number of H-pyrrole nitrogens is 1. The first-order valence-electron chi connectivity index (χ1n) is 7.39. The third-order valence-corrected chi connectivity index (χ3v) is 3.97. The normalized spacial score (nSPS) is 11.1. The minimum Gasteiger partial charge on any atom is -0.478 e. The van der Waals surface area contributed by atoms with Crippen molar-refractivity contribution >= 4 is 27.9 Å². The maximum Gasteiger partial charge on any atom is 0.335 e. The van der Waals surface area contributed by atoms with Gasteiger partial charge in [-0.05, 0) is 35.9 Å². The van der Waals surface area contributed by atoms with Gasteiger partial charge in [0.25, 0.3) is 0 Å². The largest absolute Gasteiger partial charge is 0.478 e. The van der Waals surface area contributed by atoms with Crippen molar-refractivity contribution < 1.29 is 9.90 Å². The number of benzene rings is 2. The van der Waals surface area contributed by atoms with Crippen LogP contribution in [0.5, 0.6) is 0 Å². The Hall–Kier alpha value is -3.14. The number of hydrogen-bond acceptors (Lipinski definition) is 2. The van der Waals surface area contributed by atoms with Crippen LogP contribution in [-0.2, 0) is 6.42 Å². The fourth-order valence-corrected chi connectivity index (χ4v) is 2.84. The topological polar surface area (TPSA) is 66.0 Å². The Labute approximate surface area is 132 Å². The lowest BCUT2D eigenvalue weighted by Gasteiger charge is -2.01. The average molecular weight is 302 g/mol. The molecule has 2 aromatic carbocycles. The lowest BCUT2D eigenvalue weighted by atomic mass is 10.1. The predicted octanol–water partition coefficient (Wildman–Crippen LogP) is 4.01. The number of carbonyl (C=O) groups is 1. The predicted molar refractivity (Wildman–Crippen MR) is 89.8 cm³/mol. The van der Waals surface area contributed by atoms with E-state index in [0.717, 1.165) is 34.1 Å². The number of nitrogens with one attached hydrogen (secondary N) is 1. The highest BCUT2D eigenvalue weighted by Crippen LogP contribution is 2.25. The van der Waals surface area contributed by atoms with Gasteiger partial charge >= 0.3 is 5.97 Å². The Kier molecular flexibility index (Phi) is 3.08. The van der Waals surface area contributed by atoms with Crippen LogP contribution in [0.2, 0.25) is 0 Å². The van der Waals surface area contributed by atoms with Crippen molar-refractivity contribution in [3.05, 3.63) is 77.5 Å². The monoisotopic (exact) mass is 302 g/mol. The van der Waals surface area contributed by atoms with Crippen molar-refractivity contribution in [1.82, 2.24) is 9.97 Å². The molecule has 112 valence electrons. The van der Waals surface area contributed by atoms with E-state index in [1.807, 2.05) is 36.4 Å². The minimum atomic E-state index is -0.928. The van der Waals surface area contributed by atoms with E-state index in [1.165, 1.54) is 5.56 Å². The number of aromatic nitrogens is 2. The summed E-state index contributed by atoms with van der Waals surface area (Å²) >= 11 is 0. The van der Waals surface area contributed by atoms with Gasteiger partial charge in [0.2, 0.25) is 0 Å². The van der Waals surface area contributed by atoms with E-state index >= 15 is 0 Å². The summed E-state index contributed by atoms with van der Waals surface area (Å²) in [7, 11) is 0. The summed E-state index contributed by atoms with van der Waals surface area (Å²) in [5.41, 5.74) is 5.07. The molecule has 2 N–H and O–H groups in total. The van der Waals surface area contributed by atoms with Gasteiger partial charge in [-0.2, -0.15) is 0 Å². The molecule has 0 atom stereocenters. The lowest BCUT2D eigenvalue weighted by molar-refractivity contribution is 0.0697. The summed E-state index contributed by atoms with van der Waals surface area (Å²) in [4.78, 5) is 19.1. The third-order valence-electron chi connectivity index (χ3n) is 3.97. The molecule has 4 nitrogen and oxygen atoms in total. The number of nitrogens with zero attached hydrogens (tertiary/aromatic N) is 1. The van der Waals surface area contributed by atoms with E-state index < -0.39 is 5.97 Å². The van der Waals surface area contributed by atoms with Crippen LogP contribution in [-0.4, -0.2) is 21.0 Å². The molecule has 0 unspecified atom stereocenters. The Morgan fingerprint density at radius 2 is 1.83 bits per heavy atom. The molecule has 0 saturated carbocycles. The molecule has 0 spiro atoms. The highest BCUT2D eigenvalue weighted by molar-refractivity contribution is 6.06. The number of carboxylic acids is 1. The lowest BCUT2D eigenvalue weighted by Crippen LogP contribution is -1.94. The van der Waals surface area contributed by atoms with Crippen molar-refractivity contribution in [2.45, 2.75) is 6.42 Å². The first-order chi connectivity index (χ1) is 11.2. The average Bonchev–Trinajstić information content (AvgIpc) is 2.93. The van der Waals surface area contributed by atoms with Crippen LogP contribution in [0.15, 0.2) is 60.7 Å². The van der Waals surface area contributed by atoms with E-state index in [1.54, 1.807) is 12.1 Å². The molecule has 0 amide bonds. The van der Waals surface area contributed by atoms with E-state index in [4.69, 9.17) is 10.1 Å². The van der Waals surface area contributed by atoms with Gasteiger partial charge in [0, 0.05) is 23.0 Å². The minimum absolute atomic E-state index is 0.272. The molecule has 0 radical (unpaired) electrons. The summed E-state index contributed by atoms with van der Waals surface area (Å²) in [6.07, 6.45) is 0.774. The number of pyridine rings is 1. The SMILES string of the molecule is O=C(O)c1ccc2c(c1)[nH]c1ccc(Cc3ccccc3)nc12. The zero-order valence-electron chi connectivity index (χ0n) is 12.3. The molecule has 23 heavy (non-hydrogen) atoms. The fourth-order valence-electron chi connectivity index (χ4n) is 2.84. The van der Waals surface area contributed by atoms with Crippen LogP contribution in [0.3, 0.4) is 0 Å². The number of carboxylic acid groups (broad SMARTS) is 1. The van der Waals surface area contributed by atoms with E-state index in [9.17, 15) is 4.79 Å². The molecule has 2 heterocycles. The smallest absolute Gasteiger partial charge is 0.335 e. The van der Waals surface area contributed by atoms with Gasteiger partial charge in [-0.15, -0.1) is 0 Å². The fraction of sp³-hybridized carbons (Fsp3) is 0.0526. The molecular formula is C19H14N2O2. The molecule has 0 aliphatic carbocycles. The van der Waals surface area contributed by atoms with Gasteiger partial charge in [0.1, 0.15) is 0 Å². The summed E-state index contributed by atoms with van der Waals surface area (Å²) in [6.45, 7) is 0. The molecule has 4 aromatic rings. The Bertz CT molecular complexity index is 1020. The second kappa shape index (κ2) is 5.25. The van der Waals surface area contributed by atoms with Gasteiger partial charge in [-0.25, -0.2) is 4.79 Å². The van der Waals surface area contributed by atoms with Crippen LogP contribution in [0.1, 0.15) is 21.6 Å². The van der Waals surface area contributed by atoms with Crippen LogP contribution in [0.4, 0.5) is 0 Å². The zero-order chi connectivity index (χ0) is 15.8. The molecule has 4 rings (SSSR count). The highest BCUT2D eigenvalue weighted by Gasteiger charge is 2.10. The molecule has 0 aliphatic heterocycles. The number of fused-ring (bicyclic) bond motifs is 3. The maximum atomic E-state index is 11.1. The van der Waals surface area contributed by atoms with Crippen LogP contribution in [0, 0.1) is 0 Å². The quantitative estimate of drug-likeness (QED) is 0.601. The van der Waals surface area contributed by atoms with Gasteiger partial charge in [-0.3, -0.25) is 4.98 Å². The Morgan fingerprint density at radius 1 is 1.00 bits per heavy atom. The molecule has 0 bridgehead atoms. The van der Waals surface area contributed by atoms with Crippen LogP contribution in [0.25, 0.3) is 21.9 Å². The van der Waals surface area contributed by atoms with Gasteiger partial charge in [0.05, 0.1) is 16.6 Å².